The first-order valence-electron chi connectivity index (χ1n) is 4.15. The third-order valence-electron chi connectivity index (χ3n) is 1.97. The van der Waals surface area contributed by atoms with E-state index in [0.29, 0.717) is 12.0 Å². The lowest BCUT2D eigenvalue weighted by molar-refractivity contribution is 0.777. The lowest BCUT2D eigenvalue weighted by Gasteiger charge is -2.06. The van der Waals surface area contributed by atoms with Crippen molar-refractivity contribution < 1.29 is 0 Å². The van der Waals surface area contributed by atoms with E-state index in [1.165, 1.54) is 11.6 Å². The summed E-state index contributed by atoms with van der Waals surface area (Å²) in [5.74, 6) is 0.260. The molecule has 0 unspecified atom stereocenters. The number of aromatic nitrogens is 2. The molecule has 0 saturated heterocycles. The van der Waals surface area contributed by atoms with E-state index in [4.69, 9.17) is 5.73 Å². The number of nitrogen functional groups attached to an aromatic ring is 1. The van der Waals surface area contributed by atoms with Gasteiger partial charge >= 0.3 is 5.69 Å². The van der Waals surface area contributed by atoms with E-state index < -0.39 is 5.69 Å². The minimum Gasteiger partial charge on any atom is -0.385 e. The highest BCUT2D eigenvalue weighted by molar-refractivity contribution is 5.37. The summed E-state index contributed by atoms with van der Waals surface area (Å²) < 4.78 is 1.24. The third kappa shape index (κ3) is 1.63. The average Bonchev–Trinajstić information content (AvgIpc) is 2.09. The van der Waals surface area contributed by atoms with Crippen molar-refractivity contribution in [2.45, 2.75) is 19.8 Å². The van der Waals surface area contributed by atoms with Crippen LogP contribution in [0.5, 0.6) is 0 Å². The summed E-state index contributed by atoms with van der Waals surface area (Å²) in [5.41, 5.74) is 5.26. The van der Waals surface area contributed by atoms with Gasteiger partial charge in [-0.05, 0) is 6.42 Å². The van der Waals surface area contributed by atoms with Crippen LogP contribution >= 0.6 is 0 Å². The second-order valence-electron chi connectivity index (χ2n) is 2.93. The molecule has 5 nitrogen and oxygen atoms in total. The van der Waals surface area contributed by atoms with Crippen molar-refractivity contribution in [2.75, 3.05) is 5.73 Å². The fraction of sp³-hybridized carbons (Fsp3) is 0.500. The Kier molecular flexibility index (Phi) is 2.55. The van der Waals surface area contributed by atoms with Gasteiger partial charge in [0.2, 0.25) is 0 Å². The number of anilines is 1. The second-order valence-corrected chi connectivity index (χ2v) is 2.93. The Labute approximate surface area is 75.2 Å². The Balaban J connectivity index is 3.44. The van der Waals surface area contributed by atoms with Crippen molar-refractivity contribution in [3.05, 3.63) is 26.4 Å². The SMILES string of the molecule is CCCc1c(N)n(C)c(=O)[nH]c1=O. The van der Waals surface area contributed by atoms with Crippen molar-refractivity contribution in [1.82, 2.24) is 9.55 Å². The Morgan fingerprint density at radius 1 is 1.46 bits per heavy atom. The van der Waals surface area contributed by atoms with Gasteiger partial charge in [-0.2, -0.15) is 0 Å². The van der Waals surface area contributed by atoms with Gasteiger partial charge in [-0.15, -0.1) is 0 Å². The minimum absolute atomic E-state index is 0.260. The van der Waals surface area contributed by atoms with Crippen LogP contribution in [0.4, 0.5) is 5.82 Å². The van der Waals surface area contributed by atoms with Gasteiger partial charge in [0.1, 0.15) is 5.82 Å². The molecular formula is C8H13N3O2. The van der Waals surface area contributed by atoms with Crippen molar-refractivity contribution in [2.24, 2.45) is 7.05 Å². The molecule has 1 heterocycles. The third-order valence-corrected chi connectivity index (χ3v) is 1.97. The molecule has 0 aliphatic carbocycles. The Morgan fingerprint density at radius 3 is 2.62 bits per heavy atom. The van der Waals surface area contributed by atoms with Crippen LogP contribution in [0.15, 0.2) is 9.59 Å². The summed E-state index contributed by atoms with van der Waals surface area (Å²) in [6.07, 6.45) is 1.42. The first-order chi connectivity index (χ1) is 6.07. The van der Waals surface area contributed by atoms with Gasteiger partial charge in [0, 0.05) is 7.05 Å². The van der Waals surface area contributed by atoms with Crippen LogP contribution in [0, 0.1) is 0 Å². The molecule has 3 N–H and O–H groups in total. The fourth-order valence-corrected chi connectivity index (χ4v) is 1.18. The molecule has 0 aromatic carbocycles. The van der Waals surface area contributed by atoms with E-state index in [2.05, 4.69) is 4.98 Å². The number of H-pyrrole nitrogens is 1. The smallest absolute Gasteiger partial charge is 0.329 e. The highest BCUT2D eigenvalue weighted by Crippen LogP contribution is 2.03. The van der Waals surface area contributed by atoms with Gasteiger partial charge < -0.3 is 5.73 Å². The van der Waals surface area contributed by atoms with Gasteiger partial charge in [0.15, 0.2) is 0 Å². The Hall–Kier alpha value is -1.52. The van der Waals surface area contributed by atoms with Gasteiger partial charge in [0.05, 0.1) is 5.56 Å². The molecule has 13 heavy (non-hydrogen) atoms. The number of hydrogen-bond acceptors (Lipinski definition) is 3. The first-order valence-corrected chi connectivity index (χ1v) is 4.15. The predicted molar refractivity (Wildman–Crippen MR) is 50.7 cm³/mol. The molecule has 0 spiro atoms. The summed E-state index contributed by atoms with van der Waals surface area (Å²) in [6.45, 7) is 1.95. The number of aromatic amines is 1. The minimum atomic E-state index is -0.470. The molecule has 1 aromatic rings. The van der Waals surface area contributed by atoms with Crippen molar-refractivity contribution in [1.29, 1.82) is 0 Å². The summed E-state index contributed by atoms with van der Waals surface area (Å²) in [4.78, 5) is 24.5. The quantitative estimate of drug-likeness (QED) is 0.655. The number of rotatable bonds is 2. The standard InChI is InChI=1S/C8H13N3O2/c1-3-4-5-6(9)11(2)8(13)10-7(5)12/h3-4,9H2,1-2H3,(H,10,12,13). The topological polar surface area (TPSA) is 80.9 Å². The molecule has 0 fully saturated rings. The molecule has 1 rings (SSSR count). The summed E-state index contributed by atoms with van der Waals surface area (Å²) >= 11 is 0. The van der Waals surface area contributed by atoms with Crippen LogP contribution in [0.2, 0.25) is 0 Å². The van der Waals surface area contributed by atoms with Crippen LogP contribution in [-0.2, 0) is 13.5 Å². The lowest BCUT2D eigenvalue weighted by Crippen LogP contribution is -2.33. The molecule has 0 saturated carbocycles. The monoisotopic (exact) mass is 183 g/mol. The van der Waals surface area contributed by atoms with Gasteiger partial charge in [-0.25, -0.2) is 4.79 Å². The summed E-state index contributed by atoms with van der Waals surface area (Å²) in [6, 6.07) is 0. The van der Waals surface area contributed by atoms with Crippen molar-refractivity contribution >= 4 is 5.82 Å². The maximum atomic E-state index is 11.3. The first kappa shape index (κ1) is 9.57. The highest BCUT2D eigenvalue weighted by Gasteiger charge is 2.07. The molecule has 0 aliphatic rings. The predicted octanol–water partition coefficient (Wildman–Crippen LogP) is -0.392. The Morgan fingerprint density at radius 2 is 2.08 bits per heavy atom. The normalized spacial score (nSPS) is 10.3. The molecule has 5 heteroatoms. The van der Waals surface area contributed by atoms with Crippen LogP contribution in [0.3, 0.4) is 0 Å². The molecule has 72 valence electrons. The van der Waals surface area contributed by atoms with Crippen LogP contribution in [-0.4, -0.2) is 9.55 Å². The number of nitrogens with one attached hydrogen (secondary N) is 1. The van der Waals surface area contributed by atoms with Crippen molar-refractivity contribution in [3.63, 3.8) is 0 Å². The maximum Gasteiger partial charge on any atom is 0.329 e. The molecule has 0 aliphatic heterocycles. The van der Waals surface area contributed by atoms with Gasteiger partial charge in [-0.1, -0.05) is 13.3 Å². The summed E-state index contributed by atoms with van der Waals surface area (Å²) in [5, 5.41) is 0. The average molecular weight is 183 g/mol. The number of nitrogens with zero attached hydrogens (tertiary/aromatic N) is 1. The maximum absolute atomic E-state index is 11.3. The largest absolute Gasteiger partial charge is 0.385 e. The van der Waals surface area contributed by atoms with Crippen LogP contribution in [0.25, 0.3) is 0 Å². The second kappa shape index (κ2) is 3.47. The van der Waals surface area contributed by atoms with E-state index in [-0.39, 0.29) is 11.4 Å². The van der Waals surface area contributed by atoms with E-state index in [1.54, 1.807) is 0 Å². The van der Waals surface area contributed by atoms with E-state index in [1.807, 2.05) is 6.92 Å². The Bertz CT molecular complexity index is 416. The van der Waals surface area contributed by atoms with Gasteiger partial charge in [-0.3, -0.25) is 14.3 Å². The molecule has 0 radical (unpaired) electrons. The molecular weight excluding hydrogens is 170 g/mol. The zero-order chi connectivity index (χ0) is 10.0. The fourth-order valence-electron chi connectivity index (χ4n) is 1.18. The van der Waals surface area contributed by atoms with E-state index in [9.17, 15) is 9.59 Å². The van der Waals surface area contributed by atoms with Crippen LogP contribution in [0.1, 0.15) is 18.9 Å². The molecule has 0 atom stereocenters. The van der Waals surface area contributed by atoms with E-state index >= 15 is 0 Å². The van der Waals surface area contributed by atoms with Crippen LogP contribution < -0.4 is 17.0 Å². The summed E-state index contributed by atoms with van der Waals surface area (Å²) in [7, 11) is 1.53. The zero-order valence-electron chi connectivity index (χ0n) is 7.76. The zero-order valence-corrected chi connectivity index (χ0v) is 7.76. The number of nitrogens with two attached hydrogens (primary N) is 1. The van der Waals surface area contributed by atoms with Gasteiger partial charge in [0.25, 0.3) is 5.56 Å². The molecule has 0 amide bonds. The van der Waals surface area contributed by atoms with E-state index in [0.717, 1.165) is 6.42 Å². The lowest BCUT2D eigenvalue weighted by atomic mass is 10.2. The highest BCUT2D eigenvalue weighted by atomic mass is 16.2. The van der Waals surface area contributed by atoms with Crippen molar-refractivity contribution in [3.8, 4) is 0 Å². The number of hydrogen-bond donors (Lipinski definition) is 2. The molecule has 0 bridgehead atoms. The molecule has 1 aromatic heterocycles.